The summed E-state index contributed by atoms with van der Waals surface area (Å²) in [5.41, 5.74) is 3.75. The third-order valence-corrected chi connectivity index (χ3v) is 5.34. The van der Waals surface area contributed by atoms with E-state index in [4.69, 9.17) is 32.9 Å². The SMILES string of the molecule is Cc1ccc2c(n1)/C(=N/OCC(C)(C)CO/N=C(\c1ncc(Cl)cc1F)C(C)Cl)CCC2. The maximum Gasteiger partial charge on any atom is 0.152 e. The predicted octanol–water partition coefficient (Wildman–Crippen LogP) is 5.71. The first-order valence-electron chi connectivity index (χ1n) is 10.5. The molecule has 0 aliphatic heterocycles. The maximum absolute atomic E-state index is 14.2. The number of nitrogens with zero attached hydrogens (tertiary/aromatic N) is 4. The Balaban J connectivity index is 1.62. The number of aromatic nitrogens is 2. The summed E-state index contributed by atoms with van der Waals surface area (Å²) in [4.78, 5) is 19.8. The maximum atomic E-state index is 14.2. The fourth-order valence-corrected chi connectivity index (χ4v) is 3.49. The van der Waals surface area contributed by atoms with Crippen LogP contribution in [-0.2, 0) is 16.1 Å². The Morgan fingerprint density at radius 1 is 1.25 bits per heavy atom. The smallest absolute Gasteiger partial charge is 0.152 e. The molecule has 2 heterocycles. The van der Waals surface area contributed by atoms with Crippen molar-refractivity contribution in [3.8, 4) is 0 Å². The summed E-state index contributed by atoms with van der Waals surface area (Å²) in [5.74, 6) is -0.609. The van der Waals surface area contributed by atoms with E-state index in [-0.39, 0.29) is 23.0 Å². The highest BCUT2D eigenvalue weighted by Crippen LogP contribution is 2.22. The number of oxime groups is 2. The Hall–Kier alpha value is -2.25. The monoisotopic (exact) mass is 480 g/mol. The zero-order valence-electron chi connectivity index (χ0n) is 18.7. The van der Waals surface area contributed by atoms with Crippen molar-refractivity contribution < 1.29 is 14.1 Å². The number of hydrogen-bond acceptors (Lipinski definition) is 6. The normalized spacial score (nSPS) is 16.6. The van der Waals surface area contributed by atoms with Crippen molar-refractivity contribution in [3.63, 3.8) is 0 Å². The van der Waals surface area contributed by atoms with Crippen LogP contribution in [0.3, 0.4) is 0 Å². The Morgan fingerprint density at radius 3 is 2.72 bits per heavy atom. The zero-order valence-corrected chi connectivity index (χ0v) is 20.2. The molecule has 1 aliphatic carbocycles. The van der Waals surface area contributed by atoms with Gasteiger partial charge in [-0.2, -0.15) is 0 Å². The lowest BCUT2D eigenvalue weighted by molar-refractivity contribution is -0.000253. The van der Waals surface area contributed by atoms with Crippen LogP contribution in [0.1, 0.15) is 56.3 Å². The van der Waals surface area contributed by atoms with Crippen molar-refractivity contribution >= 4 is 34.6 Å². The van der Waals surface area contributed by atoms with Crippen LogP contribution in [0, 0.1) is 18.2 Å². The number of fused-ring (bicyclic) bond motifs is 1. The van der Waals surface area contributed by atoms with Crippen LogP contribution in [0.4, 0.5) is 4.39 Å². The Kier molecular flexibility index (Phi) is 8.06. The van der Waals surface area contributed by atoms with E-state index in [1.165, 1.54) is 11.8 Å². The average molecular weight is 481 g/mol. The molecule has 32 heavy (non-hydrogen) atoms. The summed E-state index contributed by atoms with van der Waals surface area (Å²) < 4.78 is 14.2. The van der Waals surface area contributed by atoms with Crippen LogP contribution in [-0.4, -0.2) is 40.0 Å². The molecule has 3 rings (SSSR count). The summed E-state index contributed by atoms with van der Waals surface area (Å²) >= 11 is 11.9. The molecule has 0 bridgehead atoms. The molecule has 2 aromatic heterocycles. The summed E-state index contributed by atoms with van der Waals surface area (Å²) in [5, 5.41) is 7.99. The standard InChI is InChI=1S/C23H27Cl2FN4O2/c1-14-8-9-16-6-5-7-19(21(16)28-14)29-31-12-23(3,4)13-32-30-20(15(2)24)22-18(26)10-17(25)11-27-22/h8-11,15H,5-7,12-13H2,1-4H3/b29-19+,30-20-. The summed E-state index contributed by atoms with van der Waals surface area (Å²) in [6.07, 6.45) is 4.20. The highest BCUT2D eigenvalue weighted by atomic mass is 35.5. The first-order chi connectivity index (χ1) is 15.2. The molecular formula is C23H27Cl2FN4O2. The van der Waals surface area contributed by atoms with Crippen molar-refractivity contribution in [2.24, 2.45) is 15.7 Å². The summed E-state index contributed by atoms with van der Waals surface area (Å²) in [6, 6.07) is 5.29. The van der Waals surface area contributed by atoms with Crippen molar-refractivity contribution in [1.29, 1.82) is 0 Å². The topological polar surface area (TPSA) is 69.0 Å². The number of rotatable bonds is 8. The molecule has 0 aromatic carbocycles. The molecular weight excluding hydrogens is 454 g/mol. The lowest BCUT2D eigenvalue weighted by atomic mass is 9.94. The van der Waals surface area contributed by atoms with E-state index in [1.54, 1.807) is 6.92 Å². The van der Waals surface area contributed by atoms with Crippen LogP contribution in [0.25, 0.3) is 0 Å². The van der Waals surface area contributed by atoms with Gasteiger partial charge in [-0.25, -0.2) is 4.39 Å². The minimum Gasteiger partial charge on any atom is -0.395 e. The lowest BCUT2D eigenvalue weighted by Crippen LogP contribution is -2.25. The quantitative estimate of drug-likeness (QED) is 0.275. The molecule has 6 nitrogen and oxygen atoms in total. The van der Waals surface area contributed by atoms with Gasteiger partial charge in [0.25, 0.3) is 0 Å². The van der Waals surface area contributed by atoms with Gasteiger partial charge in [0.15, 0.2) is 5.82 Å². The molecule has 0 radical (unpaired) electrons. The Morgan fingerprint density at radius 2 is 2.00 bits per heavy atom. The zero-order chi connectivity index (χ0) is 23.3. The predicted molar refractivity (Wildman–Crippen MR) is 125 cm³/mol. The van der Waals surface area contributed by atoms with E-state index in [9.17, 15) is 4.39 Å². The second-order valence-corrected chi connectivity index (χ2v) is 9.73. The molecule has 1 atom stereocenters. The van der Waals surface area contributed by atoms with Crippen molar-refractivity contribution in [1.82, 2.24) is 9.97 Å². The van der Waals surface area contributed by atoms with Gasteiger partial charge in [-0.05, 0) is 50.8 Å². The van der Waals surface area contributed by atoms with Crippen molar-refractivity contribution in [2.45, 2.75) is 52.3 Å². The van der Waals surface area contributed by atoms with E-state index in [2.05, 4.69) is 26.3 Å². The molecule has 1 unspecified atom stereocenters. The number of alkyl halides is 1. The van der Waals surface area contributed by atoms with Gasteiger partial charge in [0.05, 0.1) is 16.1 Å². The fraction of sp³-hybridized carbons (Fsp3) is 0.478. The van der Waals surface area contributed by atoms with Crippen LogP contribution in [0.5, 0.6) is 0 Å². The van der Waals surface area contributed by atoms with Gasteiger partial charge in [-0.1, -0.05) is 41.8 Å². The average Bonchev–Trinajstić information content (AvgIpc) is 2.72. The molecule has 0 spiro atoms. The molecule has 9 heteroatoms. The highest BCUT2D eigenvalue weighted by molar-refractivity contribution is 6.34. The van der Waals surface area contributed by atoms with Crippen LogP contribution < -0.4 is 0 Å². The summed E-state index contributed by atoms with van der Waals surface area (Å²) in [7, 11) is 0. The third-order valence-electron chi connectivity index (χ3n) is 4.93. The Bertz CT molecular complexity index is 1030. The second kappa shape index (κ2) is 10.6. The van der Waals surface area contributed by atoms with E-state index in [0.29, 0.717) is 6.61 Å². The minimum atomic E-state index is -0.609. The highest BCUT2D eigenvalue weighted by Gasteiger charge is 2.23. The minimum absolute atomic E-state index is 0.0103. The van der Waals surface area contributed by atoms with Crippen molar-refractivity contribution in [2.75, 3.05) is 13.2 Å². The Labute approximate surface area is 197 Å². The molecule has 0 saturated carbocycles. The molecule has 0 fully saturated rings. The van der Waals surface area contributed by atoms with Gasteiger partial charge < -0.3 is 9.68 Å². The number of aryl methyl sites for hydroxylation is 2. The van der Waals surface area contributed by atoms with E-state index in [0.717, 1.165) is 42.4 Å². The van der Waals surface area contributed by atoms with E-state index < -0.39 is 16.6 Å². The molecule has 0 saturated heterocycles. The largest absolute Gasteiger partial charge is 0.395 e. The van der Waals surface area contributed by atoms with Crippen LogP contribution in [0.2, 0.25) is 5.02 Å². The van der Waals surface area contributed by atoms with Gasteiger partial charge in [-0.3, -0.25) is 9.97 Å². The third kappa shape index (κ3) is 6.39. The van der Waals surface area contributed by atoms with Crippen LogP contribution in [0.15, 0.2) is 34.7 Å². The number of hydrogen-bond donors (Lipinski definition) is 0. The second-order valence-electron chi connectivity index (χ2n) is 8.64. The molecule has 0 N–H and O–H groups in total. The molecule has 1 aliphatic rings. The van der Waals surface area contributed by atoms with Gasteiger partial charge >= 0.3 is 0 Å². The van der Waals surface area contributed by atoms with E-state index in [1.807, 2.05) is 26.8 Å². The number of pyridine rings is 2. The molecule has 172 valence electrons. The van der Waals surface area contributed by atoms with Gasteiger partial charge in [0.2, 0.25) is 0 Å². The first-order valence-corrected chi connectivity index (χ1v) is 11.3. The number of halogens is 3. The molecule has 2 aromatic rings. The molecule has 0 amide bonds. The first kappa shape index (κ1) is 24.4. The fourth-order valence-electron chi connectivity index (χ4n) is 3.20. The van der Waals surface area contributed by atoms with E-state index >= 15 is 0 Å². The van der Waals surface area contributed by atoms with Crippen molar-refractivity contribution in [3.05, 3.63) is 57.9 Å². The van der Waals surface area contributed by atoms with Gasteiger partial charge in [0, 0.05) is 17.3 Å². The summed E-state index contributed by atoms with van der Waals surface area (Å²) in [6.45, 7) is 8.09. The van der Waals surface area contributed by atoms with Crippen LogP contribution >= 0.6 is 23.2 Å². The lowest BCUT2D eigenvalue weighted by Gasteiger charge is -2.22. The van der Waals surface area contributed by atoms with Gasteiger partial charge in [-0.15, -0.1) is 11.6 Å². The van der Waals surface area contributed by atoms with Gasteiger partial charge in [0.1, 0.15) is 30.3 Å².